The molecule has 2 fully saturated rings. The number of amides is 4. The van der Waals surface area contributed by atoms with E-state index in [1.807, 2.05) is 18.3 Å². The van der Waals surface area contributed by atoms with Gasteiger partial charge in [0.2, 0.25) is 0 Å². The lowest BCUT2D eigenvalue weighted by Crippen LogP contribution is -2.54. The molecule has 8 nitrogen and oxygen atoms in total. The van der Waals surface area contributed by atoms with Crippen LogP contribution in [0, 0.1) is 6.92 Å². The number of hydrogen-bond donors (Lipinski definition) is 0. The van der Waals surface area contributed by atoms with E-state index in [2.05, 4.69) is 20.9 Å². The molecule has 0 radical (unpaired) electrons. The number of likely N-dealkylation sites (N-methyl/N-ethyl adjacent to an activating group) is 1. The number of carbonyl (C=O) groups excluding carboxylic acids is 3. The SMILES string of the molecule is CCN1C(=O)C2CN(C(=O)c3c(C)nc4ccc(Br)cn34)CCN2C1=O. The van der Waals surface area contributed by atoms with Crippen molar-refractivity contribution in [2.45, 2.75) is 19.9 Å². The summed E-state index contributed by atoms with van der Waals surface area (Å²) in [6.45, 7) is 4.88. The van der Waals surface area contributed by atoms with Crippen LogP contribution < -0.4 is 0 Å². The fraction of sp³-hybridized carbons (Fsp3) is 0.412. The van der Waals surface area contributed by atoms with E-state index >= 15 is 0 Å². The third-order valence-corrected chi connectivity index (χ3v) is 5.44. The van der Waals surface area contributed by atoms with Crippen LogP contribution >= 0.6 is 15.9 Å². The minimum atomic E-state index is -0.591. The van der Waals surface area contributed by atoms with Crippen LogP contribution in [0.15, 0.2) is 22.8 Å². The number of carbonyl (C=O) groups is 3. The van der Waals surface area contributed by atoms with Gasteiger partial charge in [0.15, 0.2) is 0 Å². The fourth-order valence-electron chi connectivity index (χ4n) is 3.67. The van der Waals surface area contributed by atoms with Crippen LogP contribution in [0.5, 0.6) is 0 Å². The van der Waals surface area contributed by atoms with Crippen LogP contribution in [0.4, 0.5) is 4.79 Å². The molecular formula is C17H18BrN5O3. The van der Waals surface area contributed by atoms with E-state index in [0.717, 1.165) is 4.47 Å². The van der Waals surface area contributed by atoms with Gasteiger partial charge in [-0.15, -0.1) is 0 Å². The Hall–Kier alpha value is -2.42. The fourth-order valence-corrected chi connectivity index (χ4v) is 4.01. The molecular weight excluding hydrogens is 402 g/mol. The highest BCUT2D eigenvalue weighted by Crippen LogP contribution is 2.24. The highest BCUT2D eigenvalue weighted by atomic mass is 79.9. The summed E-state index contributed by atoms with van der Waals surface area (Å²) in [5.74, 6) is -0.407. The Bertz CT molecular complexity index is 940. The maximum Gasteiger partial charge on any atom is 0.327 e. The second-order valence-corrected chi connectivity index (χ2v) is 7.36. The van der Waals surface area contributed by atoms with Crippen molar-refractivity contribution in [3.05, 3.63) is 34.2 Å². The Morgan fingerprint density at radius 1 is 1.31 bits per heavy atom. The summed E-state index contributed by atoms with van der Waals surface area (Å²) < 4.78 is 2.60. The van der Waals surface area contributed by atoms with Gasteiger partial charge in [0, 0.05) is 30.3 Å². The zero-order valence-electron chi connectivity index (χ0n) is 14.5. The van der Waals surface area contributed by atoms with E-state index in [4.69, 9.17) is 0 Å². The lowest BCUT2D eigenvalue weighted by Gasteiger charge is -2.35. The van der Waals surface area contributed by atoms with Crippen molar-refractivity contribution in [3.63, 3.8) is 0 Å². The van der Waals surface area contributed by atoms with Crippen LogP contribution in [-0.2, 0) is 4.79 Å². The van der Waals surface area contributed by atoms with E-state index in [1.165, 1.54) is 4.90 Å². The van der Waals surface area contributed by atoms with Crippen LogP contribution in [0.2, 0.25) is 0 Å². The maximum atomic E-state index is 13.2. The Morgan fingerprint density at radius 3 is 2.81 bits per heavy atom. The molecule has 2 saturated heterocycles. The average Bonchev–Trinajstić information content (AvgIpc) is 3.07. The molecule has 0 bridgehead atoms. The number of imidazole rings is 1. The van der Waals surface area contributed by atoms with Crippen molar-refractivity contribution in [2.24, 2.45) is 0 Å². The summed E-state index contributed by atoms with van der Waals surface area (Å²) >= 11 is 3.42. The highest BCUT2D eigenvalue weighted by Gasteiger charge is 2.47. The molecule has 136 valence electrons. The molecule has 1 unspecified atom stereocenters. The summed E-state index contributed by atoms with van der Waals surface area (Å²) in [7, 11) is 0. The molecule has 2 aromatic heterocycles. The van der Waals surface area contributed by atoms with Crippen molar-refractivity contribution in [3.8, 4) is 0 Å². The highest BCUT2D eigenvalue weighted by molar-refractivity contribution is 9.10. The van der Waals surface area contributed by atoms with Crippen LogP contribution in [-0.4, -0.2) is 74.2 Å². The third kappa shape index (κ3) is 2.41. The zero-order chi connectivity index (χ0) is 18.6. The maximum absolute atomic E-state index is 13.2. The monoisotopic (exact) mass is 419 g/mol. The Balaban J connectivity index is 1.65. The Morgan fingerprint density at radius 2 is 2.08 bits per heavy atom. The van der Waals surface area contributed by atoms with Gasteiger partial charge in [-0.1, -0.05) is 0 Å². The van der Waals surface area contributed by atoms with Gasteiger partial charge in [-0.2, -0.15) is 0 Å². The van der Waals surface area contributed by atoms with E-state index < -0.39 is 6.04 Å². The van der Waals surface area contributed by atoms with Crippen molar-refractivity contribution < 1.29 is 14.4 Å². The summed E-state index contributed by atoms with van der Waals surface area (Å²) in [6, 6.07) is 2.86. The van der Waals surface area contributed by atoms with Gasteiger partial charge >= 0.3 is 6.03 Å². The van der Waals surface area contributed by atoms with E-state index in [-0.39, 0.29) is 24.4 Å². The second kappa shape index (κ2) is 6.08. The number of hydrogen-bond acceptors (Lipinski definition) is 4. The first-order chi connectivity index (χ1) is 12.4. The molecule has 2 aromatic rings. The van der Waals surface area contributed by atoms with Gasteiger partial charge in [0.05, 0.1) is 12.2 Å². The molecule has 2 aliphatic rings. The number of imide groups is 1. The number of rotatable bonds is 2. The predicted molar refractivity (Wildman–Crippen MR) is 96.8 cm³/mol. The van der Waals surface area contributed by atoms with Crippen molar-refractivity contribution in [1.82, 2.24) is 24.1 Å². The number of nitrogens with zero attached hydrogens (tertiary/aromatic N) is 5. The van der Waals surface area contributed by atoms with Crippen LogP contribution in [0.3, 0.4) is 0 Å². The molecule has 26 heavy (non-hydrogen) atoms. The number of aryl methyl sites for hydroxylation is 1. The van der Waals surface area contributed by atoms with Crippen LogP contribution in [0.25, 0.3) is 5.65 Å². The van der Waals surface area contributed by atoms with Gasteiger partial charge in [-0.25, -0.2) is 9.78 Å². The van der Waals surface area contributed by atoms with Gasteiger partial charge in [-0.05, 0) is 41.9 Å². The number of fused-ring (bicyclic) bond motifs is 2. The molecule has 1 atom stereocenters. The number of urea groups is 1. The number of halogens is 1. The molecule has 4 heterocycles. The van der Waals surface area contributed by atoms with Gasteiger partial charge in [0.1, 0.15) is 17.4 Å². The summed E-state index contributed by atoms with van der Waals surface area (Å²) in [5.41, 5.74) is 1.82. The molecule has 2 aliphatic heterocycles. The largest absolute Gasteiger partial charge is 0.333 e. The average molecular weight is 420 g/mol. The Kier molecular flexibility index (Phi) is 3.98. The molecule has 0 saturated carbocycles. The first-order valence-corrected chi connectivity index (χ1v) is 9.27. The van der Waals surface area contributed by atoms with Crippen molar-refractivity contribution >= 4 is 39.4 Å². The third-order valence-electron chi connectivity index (χ3n) is 4.97. The van der Waals surface area contributed by atoms with Crippen molar-refractivity contribution in [2.75, 3.05) is 26.2 Å². The summed E-state index contributed by atoms with van der Waals surface area (Å²) in [5, 5.41) is 0. The number of pyridine rings is 1. The van der Waals surface area contributed by atoms with Gasteiger partial charge in [0.25, 0.3) is 11.8 Å². The molecule has 9 heteroatoms. The standard InChI is InChI=1S/C17H18BrN5O3/c1-3-21-15(24)12-9-20(6-7-22(12)17(21)26)16(25)14-10(2)19-13-5-4-11(18)8-23(13)14/h4-5,8,12H,3,6-7,9H2,1-2H3. The smallest absolute Gasteiger partial charge is 0.327 e. The van der Waals surface area contributed by atoms with E-state index in [9.17, 15) is 14.4 Å². The van der Waals surface area contributed by atoms with Crippen LogP contribution in [0.1, 0.15) is 23.1 Å². The lowest BCUT2D eigenvalue weighted by atomic mass is 10.1. The second-order valence-electron chi connectivity index (χ2n) is 6.45. The lowest BCUT2D eigenvalue weighted by molar-refractivity contribution is -0.129. The molecule has 0 spiro atoms. The molecule has 0 aliphatic carbocycles. The first-order valence-electron chi connectivity index (χ1n) is 8.47. The molecule has 4 amide bonds. The normalized spacial score (nSPS) is 20.3. The van der Waals surface area contributed by atoms with Crippen molar-refractivity contribution in [1.29, 1.82) is 0 Å². The van der Waals surface area contributed by atoms with E-state index in [1.54, 1.807) is 28.0 Å². The molecule has 0 aromatic carbocycles. The number of aromatic nitrogens is 2. The Labute approximate surface area is 158 Å². The van der Waals surface area contributed by atoms with E-state index in [0.29, 0.717) is 36.7 Å². The quantitative estimate of drug-likeness (QED) is 0.691. The number of piperazine rings is 1. The summed E-state index contributed by atoms with van der Waals surface area (Å²) in [6.07, 6.45) is 1.81. The minimum Gasteiger partial charge on any atom is -0.333 e. The topological polar surface area (TPSA) is 78.2 Å². The van der Waals surface area contributed by atoms with Gasteiger partial charge < -0.3 is 9.80 Å². The first kappa shape index (κ1) is 17.0. The minimum absolute atomic E-state index is 0.178. The predicted octanol–water partition coefficient (Wildman–Crippen LogP) is 1.51. The summed E-state index contributed by atoms with van der Waals surface area (Å²) in [4.78, 5) is 46.8. The van der Waals surface area contributed by atoms with Gasteiger partial charge in [-0.3, -0.25) is 18.9 Å². The molecule has 4 rings (SSSR count). The zero-order valence-corrected chi connectivity index (χ0v) is 16.1. The molecule has 0 N–H and O–H groups in total.